The zero-order valence-electron chi connectivity index (χ0n) is 20.1. The molecule has 4 aromatic rings. The number of aryl methyl sites for hydroxylation is 1. The van der Waals surface area contributed by atoms with Crippen LogP contribution in [0.2, 0.25) is 0 Å². The van der Waals surface area contributed by atoms with Crippen LogP contribution >= 0.6 is 0 Å². The maximum atomic E-state index is 4.68. The lowest BCUT2D eigenvalue weighted by molar-refractivity contribution is 0.626. The average Bonchev–Trinajstić information content (AvgIpc) is 2.94. The number of nitrogens with one attached hydrogen (secondary N) is 2. The molecule has 0 saturated carbocycles. The van der Waals surface area contributed by atoms with Crippen LogP contribution in [0.15, 0.2) is 67.3 Å². The van der Waals surface area contributed by atoms with Gasteiger partial charge in [0.15, 0.2) is 0 Å². The first kappa shape index (κ1) is 22.2. The lowest BCUT2D eigenvalue weighted by Gasteiger charge is -2.34. The van der Waals surface area contributed by atoms with Gasteiger partial charge in [0.1, 0.15) is 6.33 Å². The quantitative estimate of drug-likeness (QED) is 0.429. The summed E-state index contributed by atoms with van der Waals surface area (Å²) in [6.45, 7) is 4.22. The largest absolute Gasteiger partial charge is 0.385 e. The summed E-state index contributed by atoms with van der Waals surface area (Å²) >= 11 is 0. The smallest absolute Gasteiger partial charge is 0.231 e. The van der Waals surface area contributed by atoms with E-state index in [0.717, 1.165) is 62.8 Å². The van der Waals surface area contributed by atoms with Crippen LogP contribution in [0, 0.1) is 0 Å². The summed E-state index contributed by atoms with van der Waals surface area (Å²) in [5.74, 6) is 2.00. The minimum Gasteiger partial charge on any atom is -0.385 e. The molecule has 2 N–H and O–H groups in total. The van der Waals surface area contributed by atoms with E-state index in [0.29, 0.717) is 11.9 Å². The number of hydrogen-bond acceptors (Lipinski definition) is 9. The molecule has 2 aliphatic heterocycles. The number of aromatic nitrogens is 5. The molecule has 1 fully saturated rings. The summed E-state index contributed by atoms with van der Waals surface area (Å²) < 4.78 is 0. The third-order valence-electron chi connectivity index (χ3n) is 6.65. The first-order valence-electron chi connectivity index (χ1n) is 12.5. The molecule has 2 aliphatic rings. The zero-order chi connectivity index (χ0) is 24.2. The van der Waals surface area contributed by atoms with Crippen molar-refractivity contribution in [3.63, 3.8) is 0 Å². The standard InChI is InChI=1S/C27H29N9/c1-2-5-20(6-3-1)15-21-17-29-26(30-18-21)35-11-13-36(14-12-35)27-32-19-31-25(34-27)33-23-9-8-22-7-4-10-28-24(22)16-23/h1-3,5-6,8-9,16-19,28H,4,7,10-15H2,(H,31,32,33,34). The van der Waals surface area contributed by atoms with E-state index in [-0.39, 0.29) is 0 Å². The number of benzene rings is 2. The van der Waals surface area contributed by atoms with Crippen LogP contribution in [0.5, 0.6) is 0 Å². The molecule has 2 aromatic carbocycles. The maximum Gasteiger partial charge on any atom is 0.231 e. The second-order valence-corrected chi connectivity index (χ2v) is 9.16. The summed E-state index contributed by atoms with van der Waals surface area (Å²) in [5.41, 5.74) is 5.89. The lowest BCUT2D eigenvalue weighted by atomic mass is 10.0. The van der Waals surface area contributed by atoms with E-state index in [2.05, 4.69) is 87.8 Å². The minimum atomic E-state index is 0.551. The molecular formula is C27H29N9. The molecule has 2 aromatic heterocycles. The summed E-state index contributed by atoms with van der Waals surface area (Å²) in [4.78, 5) is 27.1. The second-order valence-electron chi connectivity index (χ2n) is 9.16. The Hall–Kier alpha value is -4.27. The van der Waals surface area contributed by atoms with Gasteiger partial charge in [-0.3, -0.25) is 0 Å². The number of anilines is 5. The van der Waals surface area contributed by atoms with E-state index in [1.807, 2.05) is 18.5 Å². The molecule has 182 valence electrons. The molecule has 0 atom stereocenters. The molecule has 0 radical (unpaired) electrons. The molecule has 9 nitrogen and oxygen atoms in total. The highest BCUT2D eigenvalue weighted by Crippen LogP contribution is 2.27. The zero-order valence-corrected chi connectivity index (χ0v) is 20.1. The Morgan fingerprint density at radius 3 is 2.39 bits per heavy atom. The van der Waals surface area contributed by atoms with Crippen LogP contribution in [-0.2, 0) is 12.8 Å². The molecule has 0 unspecified atom stereocenters. The Morgan fingerprint density at radius 2 is 1.58 bits per heavy atom. The minimum absolute atomic E-state index is 0.551. The van der Waals surface area contributed by atoms with Crippen LogP contribution < -0.4 is 20.4 Å². The van der Waals surface area contributed by atoms with Crippen molar-refractivity contribution in [2.45, 2.75) is 19.3 Å². The van der Waals surface area contributed by atoms with Gasteiger partial charge in [0, 0.05) is 62.9 Å². The van der Waals surface area contributed by atoms with Crippen molar-refractivity contribution < 1.29 is 0 Å². The molecule has 0 amide bonds. The van der Waals surface area contributed by atoms with E-state index in [9.17, 15) is 0 Å². The third kappa shape index (κ3) is 5.05. The summed E-state index contributed by atoms with van der Waals surface area (Å²) in [6, 6.07) is 16.8. The average molecular weight is 480 g/mol. The first-order chi connectivity index (χ1) is 17.8. The van der Waals surface area contributed by atoms with Crippen molar-refractivity contribution in [2.75, 3.05) is 53.2 Å². The fourth-order valence-corrected chi connectivity index (χ4v) is 4.71. The van der Waals surface area contributed by atoms with Gasteiger partial charge in [-0.1, -0.05) is 36.4 Å². The third-order valence-corrected chi connectivity index (χ3v) is 6.65. The molecule has 4 heterocycles. The Bertz CT molecular complexity index is 1300. The fraction of sp³-hybridized carbons (Fsp3) is 0.296. The van der Waals surface area contributed by atoms with Gasteiger partial charge >= 0.3 is 0 Å². The Labute approximate surface area is 210 Å². The van der Waals surface area contributed by atoms with Crippen molar-refractivity contribution in [1.82, 2.24) is 24.9 Å². The molecular weight excluding hydrogens is 450 g/mol. The summed E-state index contributed by atoms with van der Waals surface area (Å²) in [6.07, 6.45) is 8.57. The maximum absolute atomic E-state index is 4.68. The van der Waals surface area contributed by atoms with E-state index in [1.165, 1.54) is 23.2 Å². The molecule has 6 rings (SSSR count). The normalized spacial score (nSPS) is 15.2. The van der Waals surface area contributed by atoms with Crippen LogP contribution in [0.3, 0.4) is 0 Å². The topological polar surface area (TPSA) is 95.0 Å². The molecule has 0 spiro atoms. The lowest BCUT2D eigenvalue weighted by Crippen LogP contribution is -2.47. The van der Waals surface area contributed by atoms with Gasteiger partial charge < -0.3 is 20.4 Å². The number of piperazine rings is 1. The Balaban J connectivity index is 1.06. The highest BCUT2D eigenvalue weighted by atomic mass is 15.4. The van der Waals surface area contributed by atoms with Gasteiger partial charge in [-0.25, -0.2) is 19.9 Å². The second kappa shape index (κ2) is 10.2. The molecule has 0 aliphatic carbocycles. The first-order valence-corrected chi connectivity index (χ1v) is 12.5. The highest BCUT2D eigenvalue weighted by Gasteiger charge is 2.21. The van der Waals surface area contributed by atoms with Gasteiger partial charge in [0.25, 0.3) is 0 Å². The van der Waals surface area contributed by atoms with Gasteiger partial charge in [0.2, 0.25) is 17.8 Å². The SMILES string of the molecule is c1ccc(Cc2cnc(N3CCN(c4ncnc(Nc5ccc6c(c5)NCCC6)n4)CC3)nc2)cc1. The fourth-order valence-electron chi connectivity index (χ4n) is 4.71. The predicted molar refractivity (Wildman–Crippen MR) is 142 cm³/mol. The molecule has 1 saturated heterocycles. The predicted octanol–water partition coefficient (Wildman–Crippen LogP) is 3.68. The van der Waals surface area contributed by atoms with Crippen molar-refractivity contribution in [3.8, 4) is 0 Å². The van der Waals surface area contributed by atoms with Crippen molar-refractivity contribution in [2.24, 2.45) is 0 Å². The van der Waals surface area contributed by atoms with E-state index in [1.54, 1.807) is 6.33 Å². The highest BCUT2D eigenvalue weighted by molar-refractivity contribution is 5.65. The molecule has 9 heteroatoms. The number of rotatable bonds is 6. The molecule has 36 heavy (non-hydrogen) atoms. The molecule has 0 bridgehead atoms. The van der Waals surface area contributed by atoms with E-state index < -0.39 is 0 Å². The number of hydrogen-bond donors (Lipinski definition) is 2. The summed E-state index contributed by atoms with van der Waals surface area (Å²) in [5, 5.41) is 6.80. The van der Waals surface area contributed by atoms with Crippen LogP contribution in [0.4, 0.5) is 29.2 Å². The Kier molecular flexibility index (Phi) is 6.26. The summed E-state index contributed by atoms with van der Waals surface area (Å²) in [7, 11) is 0. The van der Waals surface area contributed by atoms with Gasteiger partial charge in [-0.15, -0.1) is 0 Å². The Morgan fingerprint density at radius 1 is 0.806 bits per heavy atom. The van der Waals surface area contributed by atoms with Crippen LogP contribution in [0.1, 0.15) is 23.1 Å². The van der Waals surface area contributed by atoms with Gasteiger partial charge in [-0.05, 0) is 41.7 Å². The van der Waals surface area contributed by atoms with Crippen molar-refractivity contribution in [1.29, 1.82) is 0 Å². The van der Waals surface area contributed by atoms with Gasteiger partial charge in [0.05, 0.1) is 0 Å². The van der Waals surface area contributed by atoms with E-state index in [4.69, 9.17) is 0 Å². The number of nitrogens with zero attached hydrogens (tertiary/aromatic N) is 7. The van der Waals surface area contributed by atoms with Crippen molar-refractivity contribution >= 4 is 29.2 Å². The van der Waals surface area contributed by atoms with Crippen LogP contribution in [0.25, 0.3) is 0 Å². The number of fused-ring (bicyclic) bond motifs is 1. The van der Waals surface area contributed by atoms with Gasteiger partial charge in [-0.2, -0.15) is 4.98 Å². The van der Waals surface area contributed by atoms with Crippen LogP contribution in [-0.4, -0.2) is 57.6 Å². The monoisotopic (exact) mass is 479 g/mol. The van der Waals surface area contributed by atoms with Crippen molar-refractivity contribution in [3.05, 3.63) is 83.9 Å². The van der Waals surface area contributed by atoms with E-state index >= 15 is 0 Å².